The third-order valence-corrected chi connectivity index (χ3v) is 5.37. The molecule has 2 aliphatic heterocycles. The Bertz CT molecular complexity index is 742. The number of hydrogen-bond acceptors (Lipinski definition) is 5. The first-order valence-corrected chi connectivity index (χ1v) is 9.10. The number of benzene rings is 1. The molecular weight excluding hydrogens is 384 g/mol. The number of nitrogens with one attached hydrogen (secondary N) is 2. The maximum atomic E-state index is 12.9. The number of rotatable bonds is 6. The maximum Gasteiger partial charge on any atom is 0.325 e. The Morgan fingerprint density at radius 1 is 1.32 bits per heavy atom. The summed E-state index contributed by atoms with van der Waals surface area (Å²) in [7, 11) is 3.45. The van der Waals surface area contributed by atoms with Gasteiger partial charge in [0, 0.05) is 13.1 Å². The van der Waals surface area contributed by atoms with E-state index in [4.69, 9.17) is 4.74 Å². The van der Waals surface area contributed by atoms with Gasteiger partial charge in [0.25, 0.3) is 5.91 Å². The van der Waals surface area contributed by atoms with Crippen molar-refractivity contribution in [3.05, 3.63) is 29.8 Å². The lowest BCUT2D eigenvalue weighted by Crippen LogP contribution is -2.44. The van der Waals surface area contributed by atoms with E-state index in [0.29, 0.717) is 30.3 Å². The van der Waals surface area contributed by atoms with Crippen molar-refractivity contribution in [3.8, 4) is 5.75 Å². The second-order valence-corrected chi connectivity index (χ2v) is 7.23. The van der Waals surface area contributed by atoms with Crippen LogP contribution in [-0.2, 0) is 15.1 Å². The minimum absolute atomic E-state index is 0. The zero-order valence-corrected chi connectivity index (χ0v) is 17.2. The summed E-state index contributed by atoms with van der Waals surface area (Å²) < 4.78 is 5.13. The largest absolute Gasteiger partial charge is 0.497 e. The fourth-order valence-electron chi connectivity index (χ4n) is 3.71. The Kier molecular flexibility index (Phi) is 6.90. The van der Waals surface area contributed by atoms with Crippen LogP contribution in [0.5, 0.6) is 5.75 Å². The van der Waals surface area contributed by atoms with Crippen LogP contribution in [0.25, 0.3) is 0 Å². The Morgan fingerprint density at radius 2 is 2.00 bits per heavy atom. The van der Waals surface area contributed by atoms with Gasteiger partial charge in [0.15, 0.2) is 0 Å². The Balaban J connectivity index is 0.00000280. The van der Waals surface area contributed by atoms with Crippen molar-refractivity contribution in [1.29, 1.82) is 0 Å². The van der Waals surface area contributed by atoms with E-state index in [1.54, 1.807) is 43.2 Å². The molecule has 2 heterocycles. The van der Waals surface area contributed by atoms with E-state index in [0.717, 1.165) is 17.9 Å². The second kappa shape index (κ2) is 8.79. The Hall–Kier alpha value is -2.32. The van der Waals surface area contributed by atoms with Gasteiger partial charge >= 0.3 is 6.03 Å². The normalized spacial score (nSPS) is 24.2. The highest BCUT2D eigenvalue weighted by Gasteiger charge is 2.49. The number of ether oxygens (including phenoxy) is 1. The predicted molar refractivity (Wildman–Crippen MR) is 106 cm³/mol. The SMILES string of the molecule is CNCC1CCN(C(=O)CN2C(=O)NC(C)(c3ccc(OC)cc3)C2=O)C1.Cl. The lowest BCUT2D eigenvalue weighted by Gasteiger charge is -2.23. The number of nitrogens with zero attached hydrogens (tertiary/aromatic N) is 2. The Labute approximate surface area is 171 Å². The van der Waals surface area contributed by atoms with E-state index >= 15 is 0 Å². The van der Waals surface area contributed by atoms with E-state index in [1.165, 1.54) is 0 Å². The summed E-state index contributed by atoms with van der Waals surface area (Å²) in [6, 6.07) is 6.41. The molecule has 154 valence electrons. The molecule has 4 amide bonds. The number of urea groups is 1. The van der Waals surface area contributed by atoms with E-state index in [1.807, 2.05) is 7.05 Å². The molecule has 0 bridgehead atoms. The van der Waals surface area contributed by atoms with Crippen LogP contribution in [0.3, 0.4) is 0 Å². The van der Waals surface area contributed by atoms with Gasteiger partial charge in [-0.25, -0.2) is 4.79 Å². The molecule has 1 aromatic carbocycles. The second-order valence-electron chi connectivity index (χ2n) is 7.23. The fraction of sp³-hybridized carbons (Fsp3) is 0.526. The standard InChI is InChI=1S/C19H26N4O4.ClH/c1-19(14-4-6-15(27-3)7-5-14)17(25)23(18(26)21-19)12-16(24)22-9-8-13(11-22)10-20-2;/h4-7,13,20H,8-12H2,1-3H3,(H,21,26);1H. The van der Waals surface area contributed by atoms with E-state index in [9.17, 15) is 14.4 Å². The van der Waals surface area contributed by atoms with E-state index in [2.05, 4.69) is 10.6 Å². The molecule has 0 saturated carbocycles. The maximum absolute atomic E-state index is 12.9. The van der Waals surface area contributed by atoms with Crippen molar-refractivity contribution in [2.75, 3.05) is 40.3 Å². The number of hydrogen-bond donors (Lipinski definition) is 2. The zero-order valence-electron chi connectivity index (χ0n) is 16.4. The third kappa shape index (κ3) is 4.07. The predicted octanol–water partition coefficient (Wildman–Crippen LogP) is 0.952. The van der Waals surface area contributed by atoms with Crippen molar-refractivity contribution in [2.24, 2.45) is 5.92 Å². The van der Waals surface area contributed by atoms with Crippen LogP contribution in [0.4, 0.5) is 4.79 Å². The molecule has 9 heteroatoms. The number of halogens is 1. The lowest BCUT2D eigenvalue weighted by molar-refractivity contribution is -0.138. The summed E-state index contributed by atoms with van der Waals surface area (Å²) in [6.45, 7) is 3.58. The van der Waals surface area contributed by atoms with Crippen molar-refractivity contribution in [1.82, 2.24) is 20.4 Å². The van der Waals surface area contributed by atoms with Crippen LogP contribution in [0.1, 0.15) is 18.9 Å². The highest BCUT2D eigenvalue weighted by molar-refractivity contribution is 6.09. The summed E-state index contributed by atoms with van der Waals surface area (Å²) in [5.74, 6) is 0.455. The molecule has 2 N–H and O–H groups in total. The van der Waals surface area contributed by atoms with Gasteiger partial charge in [0.1, 0.15) is 17.8 Å². The molecule has 28 heavy (non-hydrogen) atoms. The molecule has 2 unspecified atom stereocenters. The first-order valence-electron chi connectivity index (χ1n) is 9.10. The summed E-state index contributed by atoms with van der Waals surface area (Å²) in [5, 5.41) is 5.84. The van der Waals surface area contributed by atoms with Crippen molar-refractivity contribution < 1.29 is 19.1 Å². The minimum Gasteiger partial charge on any atom is -0.497 e. The highest BCUT2D eigenvalue weighted by Crippen LogP contribution is 2.30. The molecule has 0 radical (unpaired) electrons. The third-order valence-electron chi connectivity index (χ3n) is 5.37. The van der Waals surface area contributed by atoms with Gasteiger partial charge in [-0.2, -0.15) is 0 Å². The van der Waals surface area contributed by atoms with E-state index in [-0.39, 0.29) is 24.9 Å². The minimum atomic E-state index is -1.19. The molecule has 0 aliphatic carbocycles. The van der Waals surface area contributed by atoms with Crippen LogP contribution in [0.15, 0.2) is 24.3 Å². The van der Waals surface area contributed by atoms with Crippen LogP contribution >= 0.6 is 12.4 Å². The smallest absolute Gasteiger partial charge is 0.325 e. The molecule has 2 atom stereocenters. The average molecular weight is 411 g/mol. The molecule has 2 aliphatic rings. The van der Waals surface area contributed by atoms with Gasteiger partial charge in [-0.15, -0.1) is 12.4 Å². The first kappa shape index (κ1) is 22.0. The molecule has 2 fully saturated rings. The van der Waals surface area contributed by atoms with Crippen LogP contribution in [-0.4, -0.2) is 68.0 Å². The summed E-state index contributed by atoms with van der Waals surface area (Å²) in [4.78, 5) is 40.7. The fourth-order valence-corrected chi connectivity index (χ4v) is 3.71. The topological polar surface area (TPSA) is 91.0 Å². The van der Waals surface area contributed by atoms with Gasteiger partial charge in [-0.05, 0) is 50.6 Å². The van der Waals surface area contributed by atoms with Gasteiger partial charge in [-0.1, -0.05) is 12.1 Å². The van der Waals surface area contributed by atoms with Gasteiger partial charge in [0.2, 0.25) is 5.91 Å². The van der Waals surface area contributed by atoms with Crippen LogP contribution in [0, 0.1) is 5.92 Å². The molecule has 8 nitrogen and oxygen atoms in total. The van der Waals surface area contributed by atoms with Crippen LogP contribution < -0.4 is 15.4 Å². The number of carbonyl (C=O) groups is 3. The summed E-state index contributed by atoms with van der Waals surface area (Å²) in [5.41, 5.74) is -0.546. The number of methoxy groups -OCH3 is 1. The number of likely N-dealkylation sites (tertiary alicyclic amines) is 1. The van der Waals surface area contributed by atoms with Crippen molar-refractivity contribution >= 4 is 30.3 Å². The number of imide groups is 1. The molecule has 3 rings (SSSR count). The lowest BCUT2D eigenvalue weighted by atomic mass is 9.92. The van der Waals surface area contributed by atoms with Crippen molar-refractivity contribution in [2.45, 2.75) is 18.9 Å². The molecule has 2 saturated heterocycles. The summed E-state index contributed by atoms with van der Waals surface area (Å²) >= 11 is 0. The Morgan fingerprint density at radius 3 is 2.61 bits per heavy atom. The molecule has 1 aromatic rings. The monoisotopic (exact) mass is 410 g/mol. The zero-order chi connectivity index (χ0) is 19.6. The van der Waals surface area contributed by atoms with Crippen molar-refractivity contribution in [3.63, 3.8) is 0 Å². The van der Waals surface area contributed by atoms with Gasteiger partial charge in [-0.3, -0.25) is 14.5 Å². The average Bonchev–Trinajstić information content (AvgIpc) is 3.21. The molecular formula is C19H27ClN4O4. The highest BCUT2D eigenvalue weighted by atomic mass is 35.5. The summed E-state index contributed by atoms with van der Waals surface area (Å²) in [6.07, 6.45) is 0.927. The van der Waals surface area contributed by atoms with Crippen LogP contribution in [0.2, 0.25) is 0 Å². The number of amides is 4. The van der Waals surface area contributed by atoms with E-state index < -0.39 is 17.5 Å². The number of carbonyl (C=O) groups excluding carboxylic acids is 3. The van der Waals surface area contributed by atoms with Gasteiger partial charge in [0.05, 0.1) is 7.11 Å². The quantitative estimate of drug-likeness (QED) is 0.681. The molecule has 0 spiro atoms. The molecule has 0 aromatic heterocycles. The van der Waals surface area contributed by atoms with Gasteiger partial charge < -0.3 is 20.3 Å². The first-order chi connectivity index (χ1) is 12.9.